The first-order valence-corrected chi connectivity index (χ1v) is 8.01. The zero-order chi connectivity index (χ0) is 14.5. The summed E-state index contributed by atoms with van der Waals surface area (Å²) < 4.78 is 0. The predicted octanol–water partition coefficient (Wildman–Crippen LogP) is 3.96. The number of nitrogens with one attached hydrogen (secondary N) is 1. The molecule has 0 aliphatic carbocycles. The molecule has 1 aromatic heterocycles. The standard InChI is InChI=1S/C16H20ClNOS/c1-11-6-15(20-10-11)7-12(2)18-9-16(19)13-4-3-5-14(17)8-13/h3-6,8,10,12,16,18-19H,7,9H2,1-2H3/t12?,16-/m0/s1. The van der Waals surface area contributed by atoms with Crippen LogP contribution in [0.1, 0.15) is 29.0 Å². The summed E-state index contributed by atoms with van der Waals surface area (Å²) in [6, 6.07) is 9.93. The maximum absolute atomic E-state index is 10.1. The minimum Gasteiger partial charge on any atom is -0.387 e. The number of benzene rings is 1. The fourth-order valence-electron chi connectivity index (χ4n) is 2.12. The molecule has 2 aromatic rings. The van der Waals surface area contributed by atoms with Crippen molar-refractivity contribution >= 4 is 22.9 Å². The molecule has 0 amide bonds. The second-order valence-corrected chi connectivity index (χ2v) is 6.61. The van der Waals surface area contributed by atoms with Crippen LogP contribution in [0.15, 0.2) is 35.7 Å². The van der Waals surface area contributed by atoms with Gasteiger partial charge in [0.2, 0.25) is 0 Å². The van der Waals surface area contributed by atoms with Crippen molar-refractivity contribution in [3.8, 4) is 0 Å². The van der Waals surface area contributed by atoms with E-state index in [0.717, 1.165) is 12.0 Å². The van der Waals surface area contributed by atoms with E-state index in [-0.39, 0.29) is 0 Å². The highest BCUT2D eigenvalue weighted by Gasteiger charge is 2.10. The van der Waals surface area contributed by atoms with Gasteiger partial charge in [-0.1, -0.05) is 23.7 Å². The Morgan fingerprint density at radius 2 is 2.15 bits per heavy atom. The summed E-state index contributed by atoms with van der Waals surface area (Å²) in [5.74, 6) is 0. The number of aliphatic hydroxyl groups is 1. The first-order chi connectivity index (χ1) is 9.54. The molecule has 4 heteroatoms. The molecule has 0 saturated carbocycles. The van der Waals surface area contributed by atoms with Gasteiger partial charge in [0, 0.05) is 22.5 Å². The fraction of sp³-hybridized carbons (Fsp3) is 0.375. The molecule has 0 aliphatic rings. The molecule has 1 heterocycles. The van der Waals surface area contributed by atoms with Gasteiger partial charge < -0.3 is 10.4 Å². The number of aryl methyl sites for hydroxylation is 1. The molecule has 2 N–H and O–H groups in total. The summed E-state index contributed by atoms with van der Waals surface area (Å²) in [7, 11) is 0. The molecular formula is C16H20ClNOS. The van der Waals surface area contributed by atoms with Crippen LogP contribution in [0.5, 0.6) is 0 Å². The summed E-state index contributed by atoms with van der Waals surface area (Å²) >= 11 is 7.72. The lowest BCUT2D eigenvalue weighted by Crippen LogP contribution is -2.31. The minimum absolute atomic E-state index is 0.335. The molecule has 2 rings (SSSR count). The topological polar surface area (TPSA) is 32.3 Å². The number of hydrogen-bond donors (Lipinski definition) is 2. The van der Waals surface area contributed by atoms with Gasteiger partial charge in [-0.2, -0.15) is 0 Å². The Labute approximate surface area is 129 Å². The van der Waals surface area contributed by atoms with Crippen molar-refractivity contribution in [2.75, 3.05) is 6.54 Å². The van der Waals surface area contributed by atoms with Gasteiger partial charge in [-0.3, -0.25) is 0 Å². The van der Waals surface area contributed by atoms with Crippen molar-refractivity contribution in [3.05, 3.63) is 56.7 Å². The lowest BCUT2D eigenvalue weighted by molar-refractivity contribution is 0.170. The van der Waals surface area contributed by atoms with Crippen LogP contribution in [-0.4, -0.2) is 17.7 Å². The van der Waals surface area contributed by atoms with Crippen molar-refractivity contribution < 1.29 is 5.11 Å². The van der Waals surface area contributed by atoms with Crippen LogP contribution >= 0.6 is 22.9 Å². The average molecular weight is 310 g/mol. The molecule has 20 heavy (non-hydrogen) atoms. The van der Waals surface area contributed by atoms with E-state index in [0.29, 0.717) is 17.6 Å². The summed E-state index contributed by atoms with van der Waals surface area (Å²) in [6.45, 7) is 4.78. The summed E-state index contributed by atoms with van der Waals surface area (Å²) in [4.78, 5) is 1.37. The number of halogens is 1. The van der Waals surface area contributed by atoms with Gasteiger partial charge >= 0.3 is 0 Å². The van der Waals surface area contributed by atoms with Crippen molar-refractivity contribution in [2.45, 2.75) is 32.4 Å². The highest BCUT2D eigenvalue weighted by atomic mass is 35.5. The third kappa shape index (κ3) is 4.60. The van der Waals surface area contributed by atoms with Gasteiger partial charge in [0.25, 0.3) is 0 Å². The Bertz CT molecular complexity index is 555. The maximum atomic E-state index is 10.1. The normalized spacial score (nSPS) is 14.2. The van der Waals surface area contributed by atoms with E-state index in [4.69, 9.17) is 11.6 Å². The van der Waals surface area contributed by atoms with Crippen LogP contribution in [0.2, 0.25) is 5.02 Å². The third-order valence-electron chi connectivity index (χ3n) is 3.19. The van der Waals surface area contributed by atoms with Crippen LogP contribution in [0, 0.1) is 6.92 Å². The Morgan fingerprint density at radius 3 is 2.80 bits per heavy atom. The van der Waals surface area contributed by atoms with Gasteiger partial charge in [-0.25, -0.2) is 0 Å². The highest BCUT2D eigenvalue weighted by Crippen LogP contribution is 2.18. The molecule has 0 spiro atoms. The molecule has 108 valence electrons. The first-order valence-electron chi connectivity index (χ1n) is 6.75. The van der Waals surface area contributed by atoms with Crippen LogP contribution in [0.25, 0.3) is 0 Å². The fourth-order valence-corrected chi connectivity index (χ4v) is 3.32. The number of hydrogen-bond acceptors (Lipinski definition) is 3. The third-order valence-corrected chi connectivity index (χ3v) is 4.50. The Morgan fingerprint density at radius 1 is 1.35 bits per heavy atom. The quantitative estimate of drug-likeness (QED) is 0.846. The van der Waals surface area contributed by atoms with E-state index in [1.54, 1.807) is 17.4 Å². The number of aliphatic hydroxyl groups excluding tert-OH is 1. The highest BCUT2D eigenvalue weighted by molar-refractivity contribution is 7.10. The van der Waals surface area contributed by atoms with Crippen molar-refractivity contribution in [1.82, 2.24) is 5.32 Å². The maximum Gasteiger partial charge on any atom is 0.0914 e. The second-order valence-electron chi connectivity index (χ2n) is 5.17. The molecule has 1 aromatic carbocycles. The van der Waals surface area contributed by atoms with Crippen LogP contribution in [-0.2, 0) is 6.42 Å². The molecule has 0 saturated heterocycles. The smallest absolute Gasteiger partial charge is 0.0914 e. The Balaban J connectivity index is 1.82. The van der Waals surface area contributed by atoms with E-state index in [2.05, 4.69) is 30.6 Å². The van der Waals surface area contributed by atoms with Crippen molar-refractivity contribution in [3.63, 3.8) is 0 Å². The van der Waals surface area contributed by atoms with E-state index < -0.39 is 6.10 Å². The van der Waals surface area contributed by atoms with E-state index in [1.165, 1.54) is 10.4 Å². The molecular weight excluding hydrogens is 290 g/mol. The Kier molecular flexibility index (Phi) is 5.61. The zero-order valence-electron chi connectivity index (χ0n) is 11.8. The second kappa shape index (κ2) is 7.23. The number of rotatable bonds is 6. The van der Waals surface area contributed by atoms with Gasteiger partial charge in [0.05, 0.1) is 6.10 Å². The molecule has 0 aliphatic heterocycles. The largest absolute Gasteiger partial charge is 0.387 e. The first kappa shape index (κ1) is 15.5. The van der Waals surface area contributed by atoms with Crippen LogP contribution < -0.4 is 5.32 Å². The van der Waals surface area contributed by atoms with Crippen LogP contribution in [0.4, 0.5) is 0 Å². The van der Waals surface area contributed by atoms with Crippen molar-refractivity contribution in [2.24, 2.45) is 0 Å². The molecule has 2 nitrogen and oxygen atoms in total. The van der Waals surface area contributed by atoms with Gasteiger partial charge in [-0.05, 0) is 55.0 Å². The average Bonchev–Trinajstić information content (AvgIpc) is 2.81. The lowest BCUT2D eigenvalue weighted by Gasteiger charge is -2.17. The predicted molar refractivity (Wildman–Crippen MR) is 86.6 cm³/mol. The number of thiophene rings is 1. The molecule has 0 bridgehead atoms. The molecule has 0 radical (unpaired) electrons. The van der Waals surface area contributed by atoms with E-state index in [9.17, 15) is 5.11 Å². The van der Waals surface area contributed by atoms with Gasteiger partial charge in [0.1, 0.15) is 0 Å². The van der Waals surface area contributed by atoms with Gasteiger partial charge in [-0.15, -0.1) is 11.3 Å². The van der Waals surface area contributed by atoms with E-state index >= 15 is 0 Å². The van der Waals surface area contributed by atoms with Crippen LogP contribution in [0.3, 0.4) is 0 Å². The molecule has 1 unspecified atom stereocenters. The molecule has 2 atom stereocenters. The Hall–Kier alpha value is -0.870. The minimum atomic E-state index is -0.527. The molecule has 0 fully saturated rings. The van der Waals surface area contributed by atoms with E-state index in [1.807, 2.05) is 18.2 Å². The van der Waals surface area contributed by atoms with Crippen molar-refractivity contribution in [1.29, 1.82) is 0 Å². The summed E-state index contributed by atoms with van der Waals surface area (Å²) in [5, 5.41) is 16.3. The summed E-state index contributed by atoms with van der Waals surface area (Å²) in [5.41, 5.74) is 2.17. The monoisotopic (exact) mass is 309 g/mol. The SMILES string of the molecule is Cc1csc(CC(C)NC[C@H](O)c2cccc(Cl)c2)c1. The van der Waals surface area contributed by atoms with Gasteiger partial charge in [0.15, 0.2) is 0 Å². The zero-order valence-corrected chi connectivity index (χ0v) is 13.3. The summed E-state index contributed by atoms with van der Waals surface area (Å²) in [6.07, 6.45) is 0.460. The lowest BCUT2D eigenvalue weighted by atomic mass is 10.1.